The molecular formula is C13H18N2O2S. The lowest BCUT2D eigenvalue weighted by molar-refractivity contribution is 0.186. The maximum Gasteiger partial charge on any atom is 0.315 e. The zero-order chi connectivity index (χ0) is 13.0. The molecule has 0 radical (unpaired) electrons. The van der Waals surface area contributed by atoms with Crippen LogP contribution >= 0.6 is 11.8 Å². The third-order valence-corrected chi connectivity index (χ3v) is 3.94. The molecular weight excluding hydrogens is 248 g/mol. The Morgan fingerprint density at radius 3 is 3.11 bits per heavy atom. The van der Waals surface area contributed by atoms with Crippen molar-refractivity contribution in [1.29, 1.82) is 0 Å². The summed E-state index contributed by atoms with van der Waals surface area (Å²) in [7, 11) is 0. The Hall–Kier alpha value is -1.20. The molecule has 1 aromatic rings. The van der Waals surface area contributed by atoms with Crippen molar-refractivity contribution in [1.82, 2.24) is 10.6 Å². The Morgan fingerprint density at radius 2 is 2.33 bits per heavy atom. The van der Waals surface area contributed by atoms with Gasteiger partial charge >= 0.3 is 6.03 Å². The SMILES string of the molecule is C[C@@H](O)CNC(=O)N[C@H]1CCSc2ccccc21. The second kappa shape index (κ2) is 6.11. The van der Waals surface area contributed by atoms with Crippen molar-refractivity contribution >= 4 is 17.8 Å². The number of fused-ring (bicyclic) bond motifs is 1. The fourth-order valence-corrected chi connectivity index (χ4v) is 3.07. The van der Waals surface area contributed by atoms with E-state index in [2.05, 4.69) is 22.8 Å². The largest absolute Gasteiger partial charge is 0.392 e. The van der Waals surface area contributed by atoms with Crippen LogP contribution in [0.25, 0.3) is 0 Å². The molecule has 3 N–H and O–H groups in total. The number of hydrogen-bond donors (Lipinski definition) is 3. The highest BCUT2D eigenvalue weighted by molar-refractivity contribution is 7.99. The lowest BCUT2D eigenvalue weighted by atomic mass is 10.0. The highest BCUT2D eigenvalue weighted by Crippen LogP contribution is 2.35. The van der Waals surface area contributed by atoms with Crippen molar-refractivity contribution in [2.24, 2.45) is 0 Å². The molecule has 2 atom stereocenters. The molecule has 98 valence electrons. The van der Waals surface area contributed by atoms with Crippen LogP contribution < -0.4 is 10.6 Å². The first kappa shape index (κ1) is 13.2. The Kier molecular flexibility index (Phi) is 4.49. The van der Waals surface area contributed by atoms with Gasteiger partial charge in [0.2, 0.25) is 0 Å². The van der Waals surface area contributed by atoms with Gasteiger partial charge in [-0.15, -0.1) is 11.8 Å². The van der Waals surface area contributed by atoms with E-state index in [0.29, 0.717) is 0 Å². The van der Waals surface area contributed by atoms with Crippen LogP contribution in [-0.4, -0.2) is 29.5 Å². The Balaban J connectivity index is 1.96. The van der Waals surface area contributed by atoms with E-state index in [9.17, 15) is 4.79 Å². The fraction of sp³-hybridized carbons (Fsp3) is 0.462. The smallest absolute Gasteiger partial charge is 0.315 e. The number of urea groups is 1. The van der Waals surface area contributed by atoms with E-state index in [1.165, 1.54) is 10.5 Å². The van der Waals surface area contributed by atoms with E-state index < -0.39 is 6.10 Å². The van der Waals surface area contributed by atoms with Crippen LogP contribution in [-0.2, 0) is 0 Å². The summed E-state index contributed by atoms with van der Waals surface area (Å²) in [5.41, 5.74) is 1.18. The van der Waals surface area contributed by atoms with Crippen LogP contribution in [0.1, 0.15) is 24.9 Å². The molecule has 0 aliphatic carbocycles. The molecule has 0 fully saturated rings. The van der Waals surface area contributed by atoms with Crippen molar-refractivity contribution in [3.63, 3.8) is 0 Å². The molecule has 2 amide bonds. The fourth-order valence-electron chi connectivity index (χ4n) is 1.94. The number of carbonyl (C=O) groups is 1. The van der Waals surface area contributed by atoms with Crippen molar-refractivity contribution < 1.29 is 9.90 Å². The maximum atomic E-state index is 11.7. The second-order valence-corrected chi connectivity index (χ2v) is 5.57. The minimum absolute atomic E-state index is 0.0662. The van der Waals surface area contributed by atoms with Crippen LogP contribution in [0.2, 0.25) is 0 Å². The first-order chi connectivity index (χ1) is 8.66. The van der Waals surface area contributed by atoms with Gasteiger partial charge in [-0.3, -0.25) is 0 Å². The summed E-state index contributed by atoms with van der Waals surface area (Å²) >= 11 is 1.83. The van der Waals surface area contributed by atoms with Crippen molar-refractivity contribution in [2.45, 2.75) is 30.4 Å². The average molecular weight is 266 g/mol. The molecule has 0 spiro atoms. The zero-order valence-corrected chi connectivity index (χ0v) is 11.2. The molecule has 0 bridgehead atoms. The molecule has 1 heterocycles. The van der Waals surface area contributed by atoms with E-state index in [-0.39, 0.29) is 18.6 Å². The number of carbonyl (C=O) groups excluding carboxylic acids is 1. The van der Waals surface area contributed by atoms with Crippen LogP contribution in [0.4, 0.5) is 4.79 Å². The molecule has 1 aliphatic rings. The normalized spacial score (nSPS) is 19.8. The Bertz CT molecular complexity index is 423. The van der Waals surface area contributed by atoms with Crippen molar-refractivity contribution in [3.05, 3.63) is 29.8 Å². The molecule has 0 saturated carbocycles. The van der Waals surface area contributed by atoms with Gasteiger partial charge in [-0.1, -0.05) is 18.2 Å². The van der Waals surface area contributed by atoms with Gasteiger partial charge in [0.15, 0.2) is 0 Å². The number of nitrogens with one attached hydrogen (secondary N) is 2. The van der Waals surface area contributed by atoms with Gasteiger partial charge in [-0.25, -0.2) is 4.79 Å². The van der Waals surface area contributed by atoms with E-state index in [0.717, 1.165) is 12.2 Å². The van der Waals surface area contributed by atoms with Gasteiger partial charge < -0.3 is 15.7 Å². The molecule has 1 aliphatic heterocycles. The predicted molar refractivity (Wildman–Crippen MR) is 72.7 cm³/mol. The highest BCUT2D eigenvalue weighted by atomic mass is 32.2. The summed E-state index contributed by atoms with van der Waals surface area (Å²) in [4.78, 5) is 12.9. The summed E-state index contributed by atoms with van der Waals surface area (Å²) in [5.74, 6) is 1.01. The zero-order valence-electron chi connectivity index (χ0n) is 10.3. The van der Waals surface area contributed by atoms with Gasteiger partial charge in [0.05, 0.1) is 12.1 Å². The maximum absolute atomic E-state index is 11.7. The van der Waals surface area contributed by atoms with Crippen molar-refractivity contribution in [2.75, 3.05) is 12.3 Å². The summed E-state index contributed by atoms with van der Waals surface area (Å²) in [5, 5.41) is 14.7. The van der Waals surface area contributed by atoms with Crippen LogP contribution in [0.5, 0.6) is 0 Å². The van der Waals surface area contributed by atoms with E-state index in [4.69, 9.17) is 5.11 Å². The van der Waals surface area contributed by atoms with E-state index in [1.807, 2.05) is 23.9 Å². The second-order valence-electron chi connectivity index (χ2n) is 4.43. The number of thioether (sulfide) groups is 1. The summed E-state index contributed by atoms with van der Waals surface area (Å²) in [6.45, 7) is 1.92. The molecule has 18 heavy (non-hydrogen) atoms. The third kappa shape index (κ3) is 3.40. The molecule has 2 rings (SSSR count). The number of rotatable bonds is 3. The minimum Gasteiger partial charge on any atom is -0.392 e. The Labute approximate surface area is 111 Å². The van der Waals surface area contributed by atoms with Crippen LogP contribution in [0.3, 0.4) is 0 Å². The van der Waals surface area contributed by atoms with E-state index >= 15 is 0 Å². The lowest BCUT2D eigenvalue weighted by Crippen LogP contribution is -2.41. The molecule has 1 aromatic carbocycles. The quantitative estimate of drug-likeness (QED) is 0.783. The first-order valence-corrected chi connectivity index (χ1v) is 7.09. The van der Waals surface area contributed by atoms with Gasteiger partial charge in [0.25, 0.3) is 0 Å². The molecule has 5 heteroatoms. The topological polar surface area (TPSA) is 61.4 Å². The monoisotopic (exact) mass is 266 g/mol. The summed E-state index contributed by atoms with van der Waals surface area (Å²) < 4.78 is 0. The first-order valence-electron chi connectivity index (χ1n) is 6.11. The minimum atomic E-state index is -0.523. The van der Waals surface area contributed by atoms with Crippen LogP contribution in [0, 0.1) is 0 Å². The highest BCUT2D eigenvalue weighted by Gasteiger charge is 2.21. The number of hydrogen-bond acceptors (Lipinski definition) is 3. The van der Waals surface area contributed by atoms with Crippen molar-refractivity contribution in [3.8, 4) is 0 Å². The lowest BCUT2D eigenvalue weighted by Gasteiger charge is -2.26. The predicted octanol–water partition coefficient (Wildman–Crippen LogP) is 1.90. The standard InChI is InChI=1S/C13H18N2O2S/c1-9(16)8-14-13(17)15-11-6-7-18-12-5-3-2-4-10(11)12/h2-5,9,11,16H,6-8H2,1H3,(H2,14,15,17)/t9-,11+/m1/s1. The molecule has 4 nitrogen and oxygen atoms in total. The Morgan fingerprint density at radius 1 is 1.56 bits per heavy atom. The molecule has 0 saturated heterocycles. The number of amides is 2. The molecule has 0 aromatic heterocycles. The number of aliphatic hydroxyl groups is 1. The number of benzene rings is 1. The number of aliphatic hydroxyl groups excluding tert-OH is 1. The van der Waals surface area contributed by atoms with E-state index in [1.54, 1.807) is 6.92 Å². The average Bonchev–Trinajstić information content (AvgIpc) is 2.37. The molecule has 0 unspecified atom stereocenters. The van der Waals surface area contributed by atoms with Gasteiger partial charge in [0.1, 0.15) is 0 Å². The summed E-state index contributed by atoms with van der Waals surface area (Å²) in [6.07, 6.45) is 0.411. The van der Waals surface area contributed by atoms with Crippen LogP contribution in [0.15, 0.2) is 29.2 Å². The third-order valence-electron chi connectivity index (χ3n) is 2.82. The van der Waals surface area contributed by atoms with Gasteiger partial charge in [0, 0.05) is 17.2 Å². The van der Waals surface area contributed by atoms with Gasteiger partial charge in [-0.05, 0) is 25.0 Å². The van der Waals surface area contributed by atoms with Gasteiger partial charge in [-0.2, -0.15) is 0 Å². The summed E-state index contributed by atoms with van der Waals surface area (Å²) in [6, 6.07) is 8.00.